The molecule has 0 aliphatic carbocycles. The second kappa shape index (κ2) is 5.51. The first-order valence-electron chi connectivity index (χ1n) is 6.97. The van der Waals surface area contributed by atoms with Crippen LogP contribution in [-0.4, -0.2) is 44.1 Å². The van der Waals surface area contributed by atoms with E-state index in [4.69, 9.17) is 5.11 Å². The summed E-state index contributed by atoms with van der Waals surface area (Å²) in [6.07, 6.45) is 3.31. The number of pyridine rings is 1. The Hall–Kier alpha value is -2.44. The molecule has 7 heteroatoms. The van der Waals surface area contributed by atoms with E-state index in [0.29, 0.717) is 0 Å². The summed E-state index contributed by atoms with van der Waals surface area (Å²) >= 11 is 0. The van der Waals surface area contributed by atoms with Crippen molar-refractivity contribution in [2.45, 2.75) is 25.8 Å². The summed E-state index contributed by atoms with van der Waals surface area (Å²) in [4.78, 5) is 17.6. The van der Waals surface area contributed by atoms with Gasteiger partial charge in [-0.05, 0) is 31.9 Å². The summed E-state index contributed by atoms with van der Waals surface area (Å²) in [7, 11) is 0. The average Bonchev–Trinajstić information content (AvgIpc) is 2.97. The van der Waals surface area contributed by atoms with Crippen LogP contribution >= 0.6 is 0 Å². The zero-order chi connectivity index (χ0) is 14.8. The quantitative estimate of drug-likeness (QED) is 0.921. The lowest BCUT2D eigenvalue weighted by molar-refractivity contribution is 0.0690. The molecule has 3 heterocycles. The number of carboxylic acids is 1. The van der Waals surface area contributed by atoms with Crippen molar-refractivity contribution in [1.29, 1.82) is 0 Å². The predicted molar refractivity (Wildman–Crippen MR) is 76.4 cm³/mol. The maximum absolute atomic E-state index is 10.8. The van der Waals surface area contributed by atoms with Gasteiger partial charge in [0.05, 0.1) is 12.2 Å². The van der Waals surface area contributed by atoms with E-state index in [1.807, 2.05) is 25.1 Å². The Morgan fingerprint density at radius 1 is 1.33 bits per heavy atom. The smallest absolute Gasteiger partial charge is 0.358 e. The van der Waals surface area contributed by atoms with Crippen LogP contribution in [0.1, 0.15) is 35.1 Å². The van der Waals surface area contributed by atoms with Gasteiger partial charge in [-0.2, -0.15) is 0 Å². The molecule has 1 aliphatic rings. The number of piperidine rings is 1. The maximum atomic E-state index is 10.8. The summed E-state index contributed by atoms with van der Waals surface area (Å²) in [6, 6.07) is 6.22. The molecule has 1 fully saturated rings. The van der Waals surface area contributed by atoms with E-state index in [1.54, 1.807) is 4.68 Å². The number of hydrogen-bond donors (Lipinski definition) is 1. The van der Waals surface area contributed by atoms with Crippen molar-refractivity contribution in [3.05, 3.63) is 35.8 Å². The largest absolute Gasteiger partial charge is 0.476 e. The van der Waals surface area contributed by atoms with Gasteiger partial charge in [0.1, 0.15) is 5.82 Å². The molecule has 2 aromatic heterocycles. The number of aromatic carboxylic acids is 1. The van der Waals surface area contributed by atoms with Crippen molar-refractivity contribution in [1.82, 2.24) is 20.0 Å². The highest BCUT2D eigenvalue weighted by Crippen LogP contribution is 2.25. The molecular weight excluding hydrogens is 270 g/mol. The summed E-state index contributed by atoms with van der Waals surface area (Å²) in [6.45, 7) is 3.74. The Bertz CT molecular complexity index is 646. The highest BCUT2D eigenvalue weighted by atomic mass is 16.4. The summed E-state index contributed by atoms with van der Waals surface area (Å²) < 4.78 is 1.67. The minimum Gasteiger partial charge on any atom is -0.476 e. The Balaban J connectivity index is 1.66. The van der Waals surface area contributed by atoms with Gasteiger partial charge < -0.3 is 10.0 Å². The predicted octanol–water partition coefficient (Wildman–Crippen LogP) is 1.52. The zero-order valence-electron chi connectivity index (χ0n) is 11.8. The van der Waals surface area contributed by atoms with Gasteiger partial charge in [0.25, 0.3) is 0 Å². The molecule has 3 rings (SSSR count). The van der Waals surface area contributed by atoms with Crippen LogP contribution in [0.5, 0.6) is 0 Å². The lowest BCUT2D eigenvalue weighted by Gasteiger charge is -2.32. The fourth-order valence-electron chi connectivity index (χ4n) is 2.62. The molecule has 1 aliphatic heterocycles. The third-order valence-electron chi connectivity index (χ3n) is 3.77. The Morgan fingerprint density at radius 2 is 2.10 bits per heavy atom. The molecule has 2 aromatic rings. The SMILES string of the molecule is Cc1cccc(N2CCC(n3cc(C(=O)O)nn3)CC2)n1. The molecule has 0 radical (unpaired) electrons. The van der Waals surface area contributed by atoms with Gasteiger partial charge >= 0.3 is 5.97 Å². The zero-order valence-corrected chi connectivity index (χ0v) is 11.8. The van der Waals surface area contributed by atoms with E-state index in [0.717, 1.165) is 37.4 Å². The van der Waals surface area contributed by atoms with Gasteiger partial charge in [-0.25, -0.2) is 14.5 Å². The fourth-order valence-corrected chi connectivity index (χ4v) is 2.62. The molecular formula is C14H17N5O2. The molecule has 0 bridgehead atoms. The van der Waals surface area contributed by atoms with Crippen LogP contribution in [-0.2, 0) is 0 Å². The first-order valence-corrected chi connectivity index (χ1v) is 6.97. The highest BCUT2D eigenvalue weighted by Gasteiger charge is 2.23. The number of aromatic nitrogens is 4. The first kappa shape index (κ1) is 13.5. The van der Waals surface area contributed by atoms with Gasteiger partial charge in [0.2, 0.25) is 0 Å². The van der Waals surface area contributed by atoms with Gasteiger partial charge in [-0.3, -0.25) is 0 Å². The van der Waals surface area contributed by atoms with E-state index in [-0.39, 0.29) is 11.7 Å². The number of anilines is 1. The minimum absolute atomic E-state index is 0.00206. The van der Waals surface area contributed by atoms with Gasteiger partial charge in [-0.1, -0.05) is 11.3 Å². The van der Waals surface area contributed by atoms with Crippen molar-refractivity contribution in [2.75, 3.05) is 18.0 Å². The van der Waals surface area contributed by atoms with E-state index >= 15 is 0 Å². The highest BCUT2D eigenvalue weighted by molar-refractivity contribution is 5.84. The second-order valence-corrected chi connectivity index (χ2v) is 5.24. The van der Waals surface area contributed by atoms with Crippen LogP contribution in [0, 0.1) is 6.92 Å². The molecule has 0 atom stereocenters. The van der Waals surface area contributed by atoms with Crippen molar-refractivity contribution in [3.8, 4) is 0 Å². The van der Waals surface area contributed by atoms with E-state index in [9.17, 15) is 4.79 Å². The summed E-state index contributed by atoms with van der Waals surface area (Å²) in [5, 5.41) is 16.5. The number of rotatable bonds is 3. The van der Waals surface area contributed by atoms with Crippen molar-refractivity contribution < 1.29 is 9.90 Å². The molecule has 0 unspecified atom stereocenters. The van der Waals surface area contributed by atoms with E-state index in [1.165, 1.54) is 6.20 Å². The Kier molecular flexibility index (Phi) is 3.55. The van der Waals surface area contributed by atoms with Crippen LogP contribution in [0.15, 0.2) is 24.4 Å². The van der Waals surface area contributed by atoms with Crippen LogP contribution in [0.3, 0.4) is 0 Å². The van der Waals surface area contributed by atoms with Crippen LogP contribution in [0.25, 0.3) is 0 Å². The van der Waals surface area contributed by atoms with Crippen LogP contribution in [0.2, 0.25) is 0 Å². The number of carbonyl (C=O) groups is 1. The molecule has 1 N–H and O–H groups in total. The maximum Gasteiger partial charge on any atom is 0.358 e. The Labute approximate surface area is 122 Å². The average molecular weight is 287 g/mol. The second-order valence-electron chi connectivity index (χ2n) is 5.24. The van der Waals surface area contributed by atoms with Crippen LogP contribution < -0.4 is 4.90 Å². The molecule has 110 valence electrons. The number of carboxylic acid groups (broad SMARTS) is 1. The molecule has 0 aromatic carbocycles. The number of hydrogen-bond acceptors (Lipinski definition) is 5. The first-order chi connectivity index (χ1) is 10.1. The molecule has 0 amide bonds. The lowest BCUT2D eigenvalue weighted by Crippen LogP contribution is -2.35. The topological polar surface area (TPSA) is 84.1 Å². The molecule has 21 heavy (non-hydrogen) atoms. The molecule has 0 spiro atoms. The monoisotopic (exact) mass is 287 g/mol. The molecule has 0 saturated carbocycles. The van der Waals surface area contributed by atoms with E-state index < -0.39 is 5.97 Å². The standard InChI is InChI=1S/C14H17N5O2/c1-10-3-2-4-13(15-10)18-7-5-11(6-8-18)19-9-12(14(20)21)16-17-19/h2-4,9,11H,5-8H2,1H3,(H,20,21). The van der Waals surface area contributed by atoms with E-state index in [2.05, 4.69) is 20.2 Å². The van der Waals surface area contributed by atoms with Crippen molar-refractivity contribution in [2.24, 2.45) is 0 Å². The number of nitrogens with zero attached hydrogens (tertiary/aromatic N) is 5. The summed E-state index contributed by atoms with van der Waals surface area (Å²) in [5.74, 6) is -0.0408. The Morgan fingerprint density at radius 3 is 2.71 bits per heavy atom. The van der Waals surface area contributed by atoms with Gasteiger partial charge in [0, 0.05) is 18.8 Å². The van der Waals surface area contributed by atoms with Crippen molar-refractivity contribution >= 4 is 11.8 Å². The van der Waals surface area contributed by atoms with Gasteiger partial charge in [0.15, 0.2) is 5.69 Å². The lowest BCUT2D eigenvalue weighted by atomic mass is 10.1. The molecule has 1 saturated heterocycles. The number of aryl methyl sites for hydroxylation is 1. The fraction of sp³-hybridized carbons (Fsp3) is 0.429. The molecule has 7 nitrogen and oxygen atoms in total. The minimum atomic E-state index is -1.04. The third-order valence-corrected chi connectivity index (χ3v) is 3.77. The van der Waals surface area contributed by atoms with Crippen LogP contribution in [0.4, 0.5) is 5.82 Å². The third kappa shape index (κ3) is 2.86. The van der Waals surface area contributed by atoms with Gasteiger partial charge in [-0.15, -0.1) is 5.10 Å². The summed E-state index contributed by atoms with van der Waals surface area (Å²) in [5.41, 5.74) is 1.01. The normalized spacial score (nSPS) is 16.1. The van der Waals surface area contributed by atoms with Crippen molar-refractivity contribution in [3.63, 3.8) is 0 Å².